The van der Waals surface area contributed by atoms with Crippen LogP contribution in [0.1, 0.15) is 54.4 Å². The summed E-state index contributed by atoms with van der Waals surface area (Å²) in [6.07, 6.45) is 7.75. The Bertz CT molecular complexity index is 866. The largest absolute Gasteiger partial charge is 0.330 e. The van der Waals surface area contributed by atoms with Gasteiger partial charge in [0.2, 0.25) is 0 Å². The van der Waals surface area contributed by atoms with E-state index >= 15 is 0 Å². The first-order valence-electron chi connectivity index (χ1n) is 10.0. The molecule has 2 aliphatic heterocycles. The summed E-state index contributed by atoms with van der Waals surface area (Å²) in [5.74, 6) is 0.176. The summed E-state index contributed by atoms with van der Waals surface area (Å²) in [5, 5.41) is 4.59. The summed E-state index contributed by atoms with van der Waals surface area (Å²) in [6, 6.07) is 7.01. The van der Waals surface area contributed by atoms with E-state index in [2.05, 4.69) is 27.1 Å². The van der Waals surface area contributed by atoms with Gasteiger partial charge in [0.1, 0.15) is 9.88 Å². The van der Waals surface area contributed by atoms with Gasteiger partial charge in [-0.2, -0.15) is 0 Å². The van der Waals surface area contributed by atoms with Crippen LogP contribution >= 0.6 is 11.3 Å². The maximum absolute atomic E-state index is 13.7. The van der Waals surface area contributed by atoms with Gasteiger partial charge in [-0.3, -0.25) is 9.78 Å². The third-order valence-corrected chi connectivity index (χ3v) is 8.06. The molecule has 3 fully saturated rings. The highest BCUT2D eigenvalue weighted by Crippen LogP contribution is 2.51. The molecule has 2 saturated heterocycles. The van der Waals surface area contributed by atoms with Crippen LogP contribution in [0.15, 0.2) is 24.4 Å². The molecule has 4 atom stereocenters. The van der Waals surface area contributed by atoms with E-state index in [0.717, 1.165) is 40.7 Å². The molecule has 1 N–H and O–H groups in total. The van der Waals surface area contributed by atoms with Crippen molar-refractivity contribution >= 4 is 17.2 Å². The Morgan fingerprint density at radius 3 is 3.00 bits per heavy atom. The third-order valence-electron chi connectivity index (χ3n) is 6.89. The topological polar surface area (TPSA) is 58.1 Å². The lowest BCUT2D eigenvalue weighted by Crippen LogP contribution is -2.51. The van der Waals surface area contributed by atoms with E-state index in [9.17, 15) is 4.79 Å². The quantitative estimate of drug-likeness (QED) is 0.861. The molecule has 3 aliphatic rings. The zero-order valence-corrected chi connectivity index (χ0v) is 16.8. The van der Waals surface area contributed by atoms with Gasteiger partial charge in [-0.15, -0.1) is 11.3 Å². The number of amides is 1. The van der Waals surface area contributed by atoms with Gasteiger partial charge >= 0.3 is 0 Å². The van der Waals surface area contributed by atoms with E-state index in [1.807, 2.05) is 25.1 Å². The molecule has 2 bridgehead atoms. The first kappa shape index (κ1) is 17.3. The fourth-order valence-corrected chi connectivity index (χ4v) is 6.56. The minimum absolute atomic E-state index is 0.176. The third kappa shape index (κ3) is 2.64. The second-order valence-electron chi connectivity index (χ2n) is 8.49. The SMILES string of the molecule is Cc1nc(-c2ccccn2)sc1C(=O)N1[C@@H]2CN[C@@H]3CCCC[C@H]1[C@]3(C)C2. The molecule has 0 unspecified atom stereocenters. The van der Waals surface area contributed by atoms with E-state index in [1.165, 1.54) is 30.6 Å². The number of hydrogen-bond donors (Lipinski definition) is 1. The van der Waals surface area contributed by atoms with Crippen LogP contribution in [-0.4, -0.2) is 45.4 Å². The van der Waals surface area contributed by atoms with Crippen molar-refractivity contribution in [3.63, 3.8) is 0 Å². The van der Waals surface area contributed by atoms with Gasteiger partial charge in [0, 0.05) is 36.3 Å². The highest BCUT2D eigenvalue weighted by molar-refractivity contribution is 7.17. The molecule has 6 heteroatoms. The van der Waals surface area contributed by atoms with Crippen LogP contribution in [0.3, 0.4) is 0 Å². The van der Waals surface area contributed by atoms with Gasteiger partial charge in [0.25, 0.3) is 5.91 Å². The average molecular weight is 383 g/mol. The number of likely N-dealkylation sites (tertiary alicyclic amines) is 1. The Balaban J connectivity index is 1.50. The summed E-state index contributed by atoms with van der Waals surface area (Å²) >= 11 is 1.49. The van der Waals surface area contributed by atoms with Crippen molar-refractivity contribution in [3.8, 4) is 10.7 Å². The molecule has 1 aliphatic carbocycles. The molecule has 5 nitrogen and oxygen atoms in total. The molecule has 1 amide bonds. The number of aryl methyl sites for hydroxylation is 1. The van der Waals surface area contributed by atoms with Crippen molar-refractivity contribution in [1.29, 1.82) is 0 Å². The van der Waals surface area contributed by atoms with E-state index in [-0.39, 0.29) is 11.3 Å². The Kier molecular flexibility index (Phi) is 4.09. The van der Waals surface area contributed by atoms with Crippen LogP contribution in [0, 0.1) is 12.3 Å². The predicted octanol–water partition coefficient (Wildman–Crippen LogP) is 3.65. The number of aromatic nitrogens is 2. The highest BCUT2D eigenvalue weighted by Gasteiger charge is 2.57. The summed E-state index contributed by atoms with van der Waals surface area (Å²) in [5.41, 5.74) is 1.88. The fourth-order valence-electron chi connectivity index (χ4n) is 5.58. The maximum atomic E-state index is 13.7. The van der Waals surface area contributed by atoms with Crippen molar-refractivity contribution in [2.45, 2.75) is 64.1 Å². The lowest BCUT2D eigenvalue weighted by atomic mass is 9.72. The Morgan fingerprint density at radius 2 is 2.19 bits per heavy atom. The number of hydrogen-bond acceptors (Lipinski definition) is 5. The van der Waals surface area contributed by atoms with Gasteiger partial charge in [-0.1, -0.05) is 25.8 Å². The predicted molar refractivity (Wildman–Crippen MR) is 107 cm³/mol. The Hall–Kier alpha value is -1.79. The minimum Gasteiger partial charge on any atom is -0.330 e. The molecule has 0 spiro atoms. The summed E-state index contributed by atoms with van der Waals surface area (Å²) in [4.78, 5) is 25.7. The standard InChI is InChI=1S/C21H26N4OS/c1-13-18(27-19(24-13)15-7-5-6-10-22-15)20(26)25-14-11-21(2)16(23-12-14)8-3-4-9-17(21)25/h5-7,10,14,16-17,23H,3-4,8-9,11-12H2,1-2H3/t14-,16+,17-,21+/m0/s1. The van der Waals surface area contributed by atoms with Crippen LogP contribution in [-0.2, 0) is 0 Å². The number of nitrogens with one attached hydrogen (secondary N) is 1. The van der Waals surface area contributed by atoms with Crippen molar-refractivity contribution in [2.24, 2.45) is 5.41 Å². The second kappa shape index (κ2) is 6.38. The molecular formula is C21H26N4OS. The normalized spacial score (nSPS) is 32.4. The molecule has 1 saturated carbocycles. The van der Waals surface area contributed by atoms with Crippen LogP contribution in [0.2, 0.25) is 0 Å². The van der Waals surface area contributed by atoms with Gasteiger partial charge in [0.15, 0.2) is 0 Å². The highest BCUT2D eigenvalue weighted by atomic mass is 32.1. The van der Waals surface area contributed by atoms with Crippen molar-refractivity contribution in [1.82, 2.24) is 20.2 Å². The first-order chi connectivity index (χ1) is 13.1. The monoisotopic (exact) mass is 382 g/mol. The smallest absolute Gasteiger partial charge is 0.266 e. The minimum atomic E-state index is 0.176. The number of carbonyl (C=O) groups excluding carboxylic acids is 1. The zero-order valence-electron chi connectivity index (χ0n) is 15.9. The van der Waals surface area contributed by atoms with Crippen LogP contribution in [0.4, 0.5) is 0 Å². The molecule has 2 aromatic heterocycles. The van der Waals surface area contributed by atoms with Crippen LogP contribution in [0.25, 0.3) is 10.7 Å². The summed E-state index contributed by atoms with van der Waals surface area (Å²) in [6.45, 7) is 5.28. The molecular weight excluding hydrogens is 356 g/mol. The lowest BCUT2D eigenvalue weighted by Gasteiger charge is -2.39. The molecule has 0 aromatic carbocycles. The summed E-state index contributed by atoms with van der Waals surface area (Å²) in [7, 11) is 0. The van der Waals surface area contributed by atoms with E-state index in [1.54, 1.807) is 6.20 Å². The summed E-state index contributed by atoms with van der Waals surface area (Å²) < 4.78 is 0. The lowest BCUT2D eigenvalue weighted by molar-refractivity contribution is 0.0633. The van der Waals surface area contributed by atoms with Gasteiger partial charge in [0.05, 0.1) is 11.4 Å². The van der Waals surface area contributed by atoms with E-state index < -0.39 is 0 Å². The van der Waals surface area contributed by atoms with Gasteiger partial charge in [-0.05, 0) is 38.3 Å². The van der Waals surface area contributed by atoms with Crippen molar-refractivity contribution in [3.05, 3.63) is 35.0 Å². The van der Waals surface area contributed by atoms with E-state index in [0.29, 0.717) is 18.1 Å². The molecule has 142 valence electrons. The first-order valence-corrected chi connectivity index (χ1v) is 10.8. The molecule has 4 heterocycles. The second-order valence-corrected chi connectivity index (χ2v) is 9.48. The average Bonchev–Trinajstić information content (AvgIpc) is 3.11. The molecule has 27 heavy (non-hydrogen) atoms. The Labute approximate surface area is 164 Å². The number of pyridine rings is 1. The van der Waals surface area contributed by atoms with E-state index in [4.69, 9.17) is 0 Å². The van der Waals surface area contributed by atoms with Gasteiger partial charge < -0.3 is 10.2 Å². The number of piperidine rings is 1. The van der Waals surface area contributed by atoms with Gasteiger partial charge in [-0.25, -0.2) is 4.98 Å². The number of thiazole rings is 1. The maximum Gasteiger partial charge on any atom is 0.266 e. The number of nitrogens with zero attached hydrogens (tertiary/aromatic N) is 3. The molecule has 2 aromatic rings. The molecule has 5 rings (SSSR count). The fraction of sp³-hybridized carbons (Fsp3) is 0.571. The van der Waals surface area contributed by atoms with Crippen molar-refractivity contribution in [2.75, 3.05) is 6.54 Å². The Morgan fingerprint density at radius 1 is 1.33 bits per heavy atom. The van der Waals surface area contributed by atoms with Crippen molar-refractivity contribution < 1.29 is 4.79 Å². The number of rotatable bonds is 2. The van der Waals surface area contributed by atoms with Crippen LogP contribution < -0.4 is 5.32 Å². The molecule has 0 radical (unpaired) electrons. The number of fused-ring (bicyclic) bond motifs is 1. The number of carbonyl (C=O) groups is 1. The zero-order chi connectivity index (χ0) is 18.6. The van der Waals surface area contributed by atoms with Crippen LogP contribution in [0.5, 0.6) is 0 Å².